The quantitative estimate of drug-likeness (QED) is 0.726. The molecule has 70 valence electrons. The number of hydrogen-bond donors (Lipinski definition) is 0. The van der Waals surface area contributed by atoms with E-state index in [-0.39, 0.29) is 0 Å². The van der Waals surface area contributed by atoms with E-state index in [2.05, 4.69) is 25.9 Å². The zero-order valence-corrected chi connectivity index (χ0v) is 8.98. The normalized spacial score (nSPS) is 9.53. The number of nitriles is 2. The van der Waals surface area contributed by atoms with Crippen LogP contribution in [0.3, 0.4) is 0 Å². The molecule has 0 saturated carbocycles. The second-order valence-corrected chi connectivity index (χ2v) is 3.62. The summed E-state index contributed by atoms with van der Waals surface area (Å²) in [6, 6.07) is 7.03. The molecule has 5 heteroatoms. The first-order chi connectivity index (χ1) is 7.24. The van der Waals surface area contributed by atoms with Crippen LogP contribution in [-0.4, -0.2) is 9.97 Å². The third-order valence-corrected chi connectivity index (χ3v) is 2.28. The van der Waals surface area contributed by atoms with Gasteiger partial charge in [-0.3, -0.25) is 4.98 Å². The van der Waals surface area contributed by atoms with Crippen molar-refractivity contribution in [2.45, 2.75) is 0 Å². The molecule has 0 N–H and O–H groups in total. The van der Waals surface area contributed by atoms with Crippen molar-refractivity contribution >= 4 is 27.0 Å². The SMILES string of the molecule is N#Cc1cc2ncc(Br)nc2cc1C#N. The minimum Gasteiger partial charge on any atom is -0.252 e. The lowest BCUT2D eigenvalue weighted by Crippen LogP contribution is -1.89. The number of aromatic nitrogens is 2. The van der Waals surface area contributed by atoms with Gasteiger partial charge in [0, 0.05) is 0 Å². The lowest BCUT2D eigenvalue weighted by Gasteiger charge is -1.99. The van der Waals surface area contributed by atoms with E-state index in [0.29, 0.717) is 26.8 Å². The molecule has 0 radical (unpaired) electrons. The van der Waals surface area contributed by atoms with Gasteiger partial charge >= 0.3 is 0 Å². The minimum atomic E-state index is 0.317. The van der Waals surface area contributed by atoms with Crippen molar-refractivity contribution < 1.29 is 0 Å². The topological polar surface area (TPSA) is 73.4 Å². The fourth-order valence-electron chi connectivity index (χ4n) is 1.22. The maximum absolute atomic E-state index is 8.82. The first-order valence-corrected chi connectivity index (χ1v) is 4.80. The summed E-state index contributed by atoms with van der Waals surface area (Å²) in [5.74, 6) is 0. The van der Waals surface area contributed by atoms with Crippen LogP contribution in [0.25, 0.3) is 11.0 Å². The van der Waals surface area contributed by atoms with Gasteiger partial charge in [0.05, 0.1) is 28.4 Å². The Balaban J connectivity index is 2.84. The molecule has 2 aromatic rings. The Labute approximate surface area is 93.9 Å². The van der Waals surface area contributed by atoms with Gasteiger partial charge < -0.3 is 0 Å². The molecule has 0 aliphatic heterocycles. The molecule has 0 bridgehead atoms. The van der Waals surface area contributed by atoms with Crippen molar-refractivity contribution in [1.82, 2.24) is 9.97 Å². The van der Waals surface area contributed by atoms with Crippen molar-refractivity contribution in [3.63, 3.8) is 0 Å². The van der Waals surface area contributed by atoms with Crippen LogP contribution < -0.4 is 0 Å². The summed E-state index contributed by atoms with van der Waals surface area (Å²) in [5, 5.41) is 17.6. The fraction of sp³-hybridized carbons (Fsp3) is 0. The molecule has 15 heavy (non-hydrogen) atoms. The Morgan fingerprint density at radius 3 is 2.27 bits per heavy atom. The smallest absolute Gasteiger partial charge is 0.125 e. The molecule has 0 fully saturated rings. The molecule has 0 aliphatic carbocycles. The van der Waals surface area contributed by atoms with E-state index in [1.54, 1.807) is 18.3 Å². The minimum absolute atomic E-state index is 0.317. The van der Waals surface area contributed by atoms with Crippen LogP contribution in [0.5, 0.6) is 0 Å². The van der Waals surface area contributed by atoms with Crippen LogP contribution in [0.2, 0.25) is 0 Å². The summed E-state index contributed by atoms with van der Waals surface area (Å²) in [6.45, 7) is 0. The summed E-state index contributed by atoms with van der Waals surface area (Å²) in [6.07, 6.45) is 1.55. The molecule has 0 aliphatic rings. The van der Waals surface area contributed by atoms with Crippen molar-refractivity contribution in [3.05, 3.63) is 34.1 Å². The van der Waals surface area contributed by atoms with Crippen molar-refractivity contribution in [2.24, 2.45) is 0 Å². The second kappa shape index (κ2) is 3.64. The molecule has 0 atom stereocenters. The molecule has 1 aromatic carbocycles. The summed E-state index contributed by atoms with van der Waals surface area (Å²) in [5.41, 5.74) is 1.84. The third-order valence-electron chi connectivity index (χ3n) is 1.89. The number of nitrogens with zero attached hydrogens (tertiary/aromatic N) is 4. The van der Waals surface area contributed by atoms with Crippen LogP contribution in [-0.2, 0) is 0 Å². The Bertz CT molecular complexity index is 622. The molecule has 1 heterocycles. The molecule has 1 aromatic heterocycles. The Hall–Kier alpha value is -1.98. The molecule has 0 spiro atoms. The molecule has 4 nitrogen and oxygen atoms in total. The lowest BCUT2D eigenvalue weighted by molar-refractivity contribution is 1.24. The lowest BCUT2D eigenvalue weighted by atomic mass is 10.1. The van der Waals surface area contributed by atoms with Crippen LogP contribution in [0.1, 0.15) is 11.1 Å². The van der Waals surface area contributed by atoms with E-state index in [9.17, 15) is 0 Å². The Morgan fingerprint density at radius 2 is 1.67 bits per heavy atom. The number of fused-ring (bicyclic) bond motifs is 1. The number of halogens is 1. The van der Waals surface area contributed by atoms with E-state index in [1.165, 1.54) is 0 Å². The zero-order valence-electron chi connectivity index (χ0n) is 7.40. The number of benzene rings is 1. The van der Waals surface area contributed by atoms with Crippen LogP contribution in [0.15, 0.2) is 22.9 Å². The highest BCUT2D eigenvalue weighted by molar-refractivity contribution is 9.10. The average molecular weight is 259 g/mol. The van der Waals surface area contributed by atoms with Gasteiger partial charge in [-0.15, -0.1) is 0 Å². The largest absolute Gasteiger partial charge is 0.252 e. The summed E-state index contributed by atoms with van der Waals surface area (Å²) >= 11 is 3.19. The van der Waals surface area contributed by atoms with Gasteiger partial charge in [0.15, 0.2) is 0 Å². The van der Waals surface area contributed by atoms with E-state index in [1.807, 2.05) is 12.1 Å². The first-order valence-electron chi connectivity index (χ1n) is 4.01. The van der Waals surface area contributed by atoms with Crippen molar-refractivity contribution in [3.8, 4) is 12.1 Å². The van der Waals surface area contributed by atoms with Crippen LogP contribution in [0, 0.1) is 22.7 Å². The second-order valence-electron chi connectivity index (χ2n) is 2.80. The average Bonchev–Trinajstić information content (AvgIpc) is 2.27. The highest BCUT2D eigenvalue weighted by Crippen LogP contribution is 2.17. The van der Waals surface area contributed by atoms with Gasteiger partial charge in [-0.25, -0.2) is 4.98 Å². The predicted octanol–water partition coefficient (Wildman–Crippen LogP) is 2.14. The van der Waals surface area contributed by atoms with Gasteiger partial charge in [0.25, 0.3) is 0 Å². The molecular weight excluding hydrogens is 256 g/mol. The highest BCUT2D eigenvalue weighted by Gasteiger charge is 2.06. The molecule has 0 saturated heterocycles. The summed E-state index contributed by atoms with van der Waals surface area (Å²) < 4.78 is 0.601. The molecule has 2 rings (SSSR count). The van der Waals surface area contributed by atoms with Gasteiger partial charge in [-0.2, -0.15) is 10.5 Å². The predicted molar refractivity (Wildman–Crippen MR) is 56.7 cm³/mol. The molecule has 0 unspecified atom stereocenters. The Kier molecular flexibility index (Phi) is 2.32. The van der Waals surface area contributed by atoms with E-state index in [0.717, 1.165) is 0 Å². The van der Waals surface area contributed by atoms with Gasteiger partial charge in [-0.05, 0) is 28.1 Å². The van der Waals surface area contributed by atoms with Crippen molar-refractivity contribution in [1.29, 1.82) is 10.5 Å². The van der Waals surface area contributed by atoms with Gasteiger partial charge in [-0.1, -0.05) is 0 Å². The Morgan fingerprint density at radius 1 is 1.07 bits per heavy atom. The third kappa shape index (κ3) is 1.65. The van der Waals surface area contributed by atoms with Crippen LogP contribution >= 0.6 is 15.9 Å². The number of rotatable bonds is 0. The summed E-state index contributed by atoms with van der Waals surface area (Å²) in [7, 11) is 0. The monoisotopic (exact) mass is 258 g/mol. The van der Waals surface area contributed by atoms with E-state index >= 15 is 0 Å². The summed E-state index contributed by atoms with van der Waals surface area (Å²) in [4.78, 5) is 8.25. The first kappa shape index (κ1) is 9.57. The van der Waals surface area contributed by atoms with Gasteiger partial charge in [0.2, 0.25) is 0 Å². The van der Waals surface area contributed by atoms with Gasteiger partial charge in [0.1, 0.15) is 16.7 Å². The van der Waals surface area contributed by atoms with E-state index < -0.39 is 0 Å². The van der Waals surface area contributed by atoms with Crippen molar-refractivity contribution in [2.75, 3.05) is 0 Å². The fourth-order valence-corrected chi connectivity index (χ4v) is 1.51. The number of hydrogen-bond acceptors (Lipinski definition) is 4. The highest BCUT2D eigenvalue weighted by atomic mass is 79.9. The molecule has 0 amide bonds. The zero-order chi connectivity index (χ0) is 10.8. The maximum atomic E-state index is 8.82. The molecular formula is C10H3BrN4. The van der Waals surface area contributed by atoms with Crippen LogP contribution in [0.4, 0.5) is 0 Å². The maximum Gasteiger partial charge on any atom is 0.125 e. The van der Waals surface area contributed by atoms with E-state index in [4.69, 9.17) is 10.5 Å². The standard InChI is InChI=1S/C10H3BrN4/c11-10-5-14-8-1-6(3-12)7(4-13)2-9(8)15-10/h1-2,5H.